The van der Waals surface area contributed by atoms with Crippen LogP contribution in [-0.4, -0.2) is 23.3 Å². The second-order valence-corrected chi connectivity index (χ2v) is 3.24. The Labute approximate surface area is 93.8 Å². The maximum Gasteiger partial charge on any atom is 0.337 e. The van der Waals surface area contributed by atoms with Crippen molar-refractivity contribution in [2.24, 2.45) is 0 Å². The number of hydrogen-bond acceptors (Lipinski definition) is 4. The van der Waals surface area contributed by atoms with Crippen molar-refractivity contribution < 1.29 is 19.7 Å². The van der Waals surface area contributed by atoms with Crippen molar-refractivity contribution in [3.05, 3.63) is 41.5 Å². The van der Waals surface area contributed by atoms with Crippen molar-refractivity contribution in [1.82, 2.24) is 0 Å². The third-order valence-corrected chi connectivity index (χ3v) is 2.14. The molecule has 0 saturated heterocycles. The summed E-state index contributed by atoms with van der Waals surface area (Å²) in [6.45, 7) is 1.75. The second kappa shape index (κ2) is 5.32. The summed E-state index contributed by atoms with van der Waals surface area (Å²) in [6.07, 6.45) is 2.24. The average molecular weight is 222 g/mol. The van der Waals surface area contributed by atoms with E-state index in [0.717, 1.165) is 0 Å². The van der Waals surface area contributed by atoms with Crippen LogP contribution in [0.2, 0.25) is 0 Å². The van der Waals surface area contributed by atoms with Crippen molar-refractivity contribution >= 4 is 5.97 Å². The van der Waals surface area contributed by atoms with Crippen LogP contribution in [0.1, 0.15) is 28.9 Å². The molecule has 0 aliphatic heterocycles. The number of phenolic OH excluding ortho intramolecular Hbond substituents is 1. The van der Waals surface area contributed by atoms with Gasteiger partial charge in [0, 0.05) is 5.56 Å². The third kappa shape index (κ3) is 2.61. The van der Waals surface area contributed by atoms with Crippen LogP contribution in [-0.2, 0) is 4.74 Å². The standard InChI is InChI=1S/C12H14O4/c1-3-4-10(13)9-7-8(12(15)16-2)5-6-11(9)14/h3-7,10,13-14H,1-2H3/b4-3-. The molecule has 0 aliphatic carbocycles. The molecule has 2 N–H and O–H groups in total. The van der Waals surface area contributed by atoms with Gasteiger partial charge in [0.25, 0.3) is 0 Å². The number of carbonyl (C=O) groups is 1. The summed E-state index contributed by atoms with van der Waals surface area (Å²) in [5.41, 5.74) is 0.569. The normalized spacial score (nSPS) is 12.7. The minimum Gasteiger partial charge on any atom is -0.508 e. The number of carbonyl (C=O) groups excluding carboxylic acids is 1. The highest BCUT2D eigenvalue weighted by Gasteiger charge is 2.13. The summed E-state index contributed by atoms with van der Waals surface area (Å²) >= 11 is 0. The molecule has 0 bridgehead atoms. The molecular formula is C12H14O4. The van der Waals surface area contributed by atoms with Crippen LogP contribution in [0.3, 0.4) is 0 Å². The number of methoxy groups -OCH3 is 1. The number of aromatic hydroxyl groups is 1. The summed E-state index contributed by atoms with van der Waals surface area (Å²) in [5.74, 6) is -0.563. The molecule has 86 valence electrons. The second-order valence-electron chi connectivity index (χ2n) is 3.24. The number of phenols is 1. The minimum absolute atomic E-state index is 0.0572. The van der Waals surface area contributed by atoms with Crippen molar-refractivity contribution in [2.75, 3.05) is 7.11 Å². The van der Waals surface area contributed by atoms with Crippen LogP contribution in [0.15, 0.2) is 30.4 Å². The highest BCUT2D eigenvalue weighted by Crippen LogP contribution is 2.26. The van der Waals surface area contributed by atoms with Gasteiger partial charge < -0.3 is 14.9 Å². The summed E-state index contributed by atoms with van der Waals surface area (Å²) in [4.78, 5) is 11.3. The fourth-order valence-electron chi connectivity index (χ4n) is 1.32. The quantitative estimate of drug-likeness (QED) is 0.604. The van der Waals surface area contributed by atoms with Gasteiger partial charge in [-0.15, -0.1) is 0 Å². The largest absolute Gasteiger partial charge is 0.508 e. The Morgan fingerprint density at radius 2 is 2.19 bits per heavy atom. The van der Waals surface area contributed by atoms with E-state index in [1.807, 2.05) is 0 Å². The van der Waals surface area contributed by atoms with E-state index in [1.165, 1.54) is 31.4 Å². The number of benzene rings is 1. The summed E-state index contributed by atoms with van der Waals surface area (Å²) in [6, 6.07) is 4.20. The Morgan fingerprint density at radius 1 is 1.50 bits per heavy atom. The molecule has 1 rings (SSSR count). The van der Waals surface area contributed by atoms with Gasteiger partial charge in [0.05, 0.1) is 12.7 Å². The lowest BCUT2D eigenvalue weighted by Crippen LogP contribution is -2.03. The maximum absolute atomic E-state index is 11.3. The zero-order valence-corrected chi connectivity index (χ0v) is 9.18. The number of aliphatic hydroxyl groups excluding tert-OH is 1. The zero-order chi connectivity index (χ0) is 12.1. The van der Waals surface area contributed by atoms with Gasteiger partial charge in [-0.05, 0) is 25.1 Å². The molecule has 0 aromatic heterocycles. The molecule has 4 nitrogen and oxygen atoms in total. The highest BCUT2D eigenvalue weighted by molar-refractivity contribution is 5.89. The first-order valence-corrected chi connectivity index (χ1v) is 4.82. The fraction of sp³-hybridized carbons (Fsp3) is 0.250. The monoisotopic (exact) mass is 222 g/mol. The topological polar surface area (TPSA) is 66.8 Å². The lowest BCUT2D eigenvalue weighted by Gasteiger charge is -2.09. The number of rotatable bonds is 3. The average Bonchev–Trinajstić information content (AvgIpc) is 2.29. The van der Waals surface area contributed by atoms with Crippen LogP contribution in [0.5, 0.6) is 5.75 Å². The Morgan fingerprint density at radius 3 is 2.75 bits per heavy atom. The van der Waals surface area contributed by atoms with Gasteiger partial charge in [-0.2, -0.15) is 0 Å². The number of esters is 1. The van der Waals surface area contributed by atoms with Crippen LogP contribution < -0.4 is 0 Å². The van der Waals surface area contributed by atoms with Crippen LogP contribution in [0.25, 0.3) is 0 Å². The van der Waals surface area contributed by atoms with Gasteiger partial charge in [-0.25, -0.2) is 4.79 Å². The van der Waals surface area contributed by atoms with Crippen molar-refractivity contribution in [3.8, 4) is 5.75 Å². The SMILES string of the molecule is C/C=C\C(O)c1cc(C(=O)OC)ccc1O. The van der Waals surface area contributed by atoms with Gasteiger partial charge in [-0.3, -0.25) is 0 Å². The summed E-state index contributed by atoms with van der Waals surface area (Å²) in [7, 11) is 1.28. The molecule has 0 radical (unpaired) electrons. The van der Waals surface area contributed by atoms with Crippen molar-refractivity contribution in [1.29, 1.82) is 0 Å². The Hall–Kier alpha value is -1.81. The highest BCUT2D eigenvalue weighted by atomic mass is 16.5. The van der Waals surface area contributed by atoms with E-state index in [-0.39, 0.29) is 11.3 Å². The lowest BCUT2D eigenvalue weighted by atomic mass is 10.0. The van der Waals surface area contributed by atoms with Gasteiger partial charge in [0.15, 0.2) is 0 Å². The number of allylic oxidation sites excluding steroid dienone is 1. The molecule has 1 unspecified atom stereocenters. The first kappa shape index (κ1) is 12.3. The zero-order valence-electron chi connectivity index (χ0n) is 9.18. The van der Waals surface area contributed by atoms with Crippen molar-refractivity contribution in [2.45, 2.75) is 13.0 Å². The van der Waals surface area contributed by atoms with Crippen LogP contribution in [0, 0.1) is 0 Å². The van der Waals surface area contributed by atoms with Gasteiger partial charge in [0.2, 0.25) is 0 Å². The van der Waals surface area contributed by atoms with E-state index >= 15 is 0 Å². The van der Waals surface area contributed by atoms with Crippen LogP contribution >= 0.6 is 0 Å². The molecular weight excluding hydrogens is 208 g/mol. The smallest absolute Gasteiger partial charge is 0.337 e. The summed E-state index contributed by atoms with van der Waals surface area (Å²) < 4.78 is 4.55. The van der Waals surface area contributed by atoms with E-state index < -0.39 is 12.1 Å². The number of hydrogen-bond donors (Lipinski definition) is 2. The molecule has 4 heteroatoms. The van der Waals surface area contributed by atoms with E-state index in [2.05, 4.69) is 4.74 Å². The lowest BCUT2D eigenvalue weighted by molar-refractivity contribution is 0.0600. The van der Waals surface area contributed by atoms with E-state index in [0.29, 0.717) is 5.56 Å². The molecule has 16 heavy (non-hydrogen) atoms. The van der Waals surface area contributed by atoms with Crippen molar-refractivity contribution in [3.63, 3.8) is 0 Å². The predicted octanol–water partition coefficient (Wildman–Crippen LogP) is 1.79. The summed E-state index contributed by atoms with van der Waals surface area (Å²) in [5, 5.41) is 19.2. The van der Waals surface area contributed by atoms with E-state index in [4.69, 9.17) is 0 Å². The predicted molar refractivity (Wildman–Crippen MR) is 59.2 cm³/mol. The molecule has 0 saturated carbocycles. The maximum atomic E-state index is 11.3. The molecule has 1 aromatic rings. The van der Waals surface area contributed by atoms with Gasteiger partial charge in [-0.1, -0.05) is 12.2 Å². The molecule has 0 spiro atoms. The van der Waals surface area contributed by atoms with E-state index in [9.17, 15) is 15.0 Å². The Bertz CT molecular complexity index is 409. The van der Waals surface area contributed by atoms with Crippen LogP contribution in [0.4, 0.5) is 0 Å². The molecule has 0 amide bonds. The Balaban J connectivity index is 3.13. The third-order valence-electron chi connectivity index (χ3n) is 2.14. The molecule has 0 fully saturated rings. The fourth-order valence-corrected chi connectivity index (χ4v) is 1.32. The number of aliphatic hydroxyl groups is 1. The first-order chi connectivity index (χ1) is 7.60. The molecule has 0 heterocycles. The van der Waals surface area contributed by atoms with E-state index in [1.54, 1.807) is 13.0 Å². The Kier molecular flexibility index (Phi) is 4.08. The minimum atomic E-state index is -0.936. The van der Waals surface area contributed by atoms with Gasteiger partial charge >= 0.3 is 5.97 Å². The molecule has 1 aromatic carbocycles. The molecule has 1 atom stereocenters. The molecule has 0 aliphatic rings. The number of ether oxygens (including phenoxy) is 1. The van der Waals surface area contributed by atoms with Gasteiger partial charge in [0.1, 0.15) is 11.9 Å². The first-order valence-electron chi connectivity index (χ1n) is 4.82.